The maximum Gasteiger partial charge on any atom is 0.319 e. The van der Waals surface area contributed by atoms with E-state index in [4.69, 9.17) is 9.72 Å². The fraction of sp³-hybridized carbons (Fsp3) is 0.486. The largest absolute Gasteiger partial charge is 0.461 e. The predicted octanol–water partition coefficient (Wildman–Crippen LogP) is 5.60. The lowest BCUT2D eigenvalue weighted by Gasteiger charge is -2.41. The average molecular weight is 647 g/mol. The Hall–Kier alpha value is -4.24. The van der Waals surface area contributed by atoms with Crippen molar-refractivity contribution in [3.8, 4) is 23.2 Å². The van der Waals surface area contributed by atoms with Gasteiger partial charge in [0.15, 0.2) is 11.6 Å². The van der Waals surface area contributed by atoms with E-state index in [1.165, 1.54) is 11.0 Å². The molecular formula is C35H34F4N6O2. The van der Waals surface area contributed by atoms with Crippen LogP contribution >= 0.6 is 0 Å². The first-order chi connectivity index (χ1) is 22.7. The topological polar surface area (TPSA) is 85.6 Å². The van der Waals surface area contributed by atoms with Gasteiger partial charge in [0, 0.05) is 43.5 Å². The monoisotopic (exact) mass is 646 g/mol. The number of amides is 1. The molecule has 4 fully saturated rings. The maximum atomic E-state index is 16.8. The van der Waals surface area contributed by atoms with Crippen LogP contribution in [-0.4, -0.2) is 82.8 Å². The Morgan fingerprint density at radius 3 is 2.77 bits per heavy atom. The van der Waals surface area contributed by atoms with E-state index in [9.17, 15) is 23.2 Å². The molecule has 47 heavy (non-hydrogen) atoms. The minimum Gasteiger partial charge on any atom is -0.461 e. The number of carbonyl (C=O) groups excluding carboxylic acids is 1. The van der Waals surface area contributed by atoms with Crippen LogP contribution in [0.15, 0.2) is 36.7 Å². The van der Waals surface area contributed by atoms with Gasteiger partial charge in [0.25, 0.3) is 5.91 Å². The summed E-state index contributed by atoms with van der Waals surface area (Å²) in [6.07, 6.45) is 2.70. The number of hydrogen-bond donors (Lipinski definition) is 0. The molecule has 1 saturated carbocycles. The normalized spacial score (nSPS) is 27.8. The molecule has 5 atom stereocenters. The summed E-state index contributed by atoms with van der Waals surface area (Å²) in [5, 5.41) is 9.90. The van der Waals surface area contributed by atoms with E-state index in [0.29, 0.717) is 53.2 Å². The number of alkyl halides is 1. The van der Waals surface area contributed by atoms with Crippen molar-refractivity contribution in [3.05, 3.63) is 59.4 Å². The molecular weight excluding hydrogens is 612 g/mol. The van der Waals surface area contributed by atoms with Crippen molar-refractivity contribution in [1.29, 1.82) is 5.26 Å². The van der Waals surface area contributed by atoms with Gasteiger partial charge in [-0.15, -0.1) is 0 Å². The van der Waals surface area contributed by atoms with E-state index in [2.05, 4.69) is 22.5 Å². The van der Waals surface area contributed by atoms with Gasteiger partial charge in [-0.1, -0.05) is 18.7 Å². The quantitative estimate of drug-likeness (QED) is 0.244. The molecule has 4 heterocycles. The first-order valence-electron chi connectivity index (χ1n) is 16.3. The lowest BCUT2D eigenvalue weighted by atomic mass is 9.93. The highest BCUT2D eigenvalue weighted by Gasteiger charge is 2.50. The number of nitriles is 1. The van der Waals surface area contributed by atoms with E-state index in [0.717, 1.165) is 31.4 Å². The highest BCUT2D eigenvalue weighted by Crippen LogP contribution is 2.58. The van der Waals surface area contributed by atoms with Gasteiger partial charge in [-0.3, -0.25) is 9.69 Å². The highest BCUT2D eigenvalue weighted by atomic mass is 19.1. The Bertz CT molecular complexity index is 1860. The van der Waals surface area contributed by atoms with Gasteiger partial charge in [0.1, 0.15) is 29.9 Å². The summed E-state index contributed by atoms with van der Waals surface area (Å²) in [4.78, 5) is 27.1. The molecule has 5 aliphatic rings. The Kier molecular flexibility index (Phi) is 7.17. The molecule has 3 aliphatic heterocycles. The predicted molar refractivity (Wildman–Crippen MR) is 166 cm³/mol. The molecule has 2 unspecified atom stereocenters. The third-order valence-corrected chi connectivity index (χ3v) is 11.0. The summed E-state index contributed by atoms with van der Waals surface area (Å²) in [7, 11) is 0. The summed E-state index contributed by atoms with van der Waals surface area (Å²) >= 11 is 0. The number of rotatable bonds is 7. The summed E-state index contributed by atoms with van der Waals surface area (Å²) in [6, 6.07) is 7.79. The van der Waals surface area contributed by atoms with Crippen molar-refractivity contribution >= 4 is 22.6 Å². The third-order valence-electron chi connectivity index (χ3n) is 11.0. The number of benzene rings is 2. The summed E-state index contributed by atoms with van der Waals surface area (Å²) < 4.78 is 66.1. The number of anilines is 1. The van der Waals surface area contributed by atoms with Crippen molar-refractivity contribution in [2.45, 2.75) is 62.2 Å². The Labute approximate surface area is 269 Å². The number of carbonyl (C=O) groups is 1. The molecule has 0 radical (unpaired) electrons. The molecule has 0 bridgehead atoms. The summed E-state index contributed by atoms with van der Waals surface area (Å²) in [6.45, 7) is 4.86. The van der Waals surface area contributed by atoms with Crippen molar-refractivity contribution in [2.75, 3.05) is 44.2 Å². The number of hydrogen-bond acceptors (Lipinski definition) is 7. The number of ether oxygens (including phenoxy) is 1. The first kappa shape index (κ1) is 30.1. The van der Waals surface area contributed by atoms with Gasteiger partial charge in [-0.25, -0.2) is 17.6 Å². The number of nitrogens with zero attached hydrogens (tertiary/aromatic N) is 6. The first-order valence-corrected chi connectivity index (χ1v) is 16.3. The second kappa shape index (κ2) is 11.2. The van der Waals surface area contributed by atoms with Crippen LogP contribution in [0.1, 0.15) is 49.1 Å². The smallest absolute Gasteiger partial charge is 0.319 e. The summed E-state index contributed by atoms with van der Waals surface area (Å²) in [5.41, 5.74) is 2.02. The second-order valence-corrected chi connectivity index (χ2v) is 13.7. The molecule has 0 N–H and O–H groups in total. The fourth-order valence-corrected chi connectivity index (χ4v) is 8.64. The van der Waals surface area contributed by atoms with Crippen LogP contribution in [0.5, 0.6) is 6.01 Å². The molecule has 3 aromatic rings. The van der Waals surface area contributed by atoms with Crippen molar-refractivity contribution < 1.29 is 27.1 Å². The molecule has 1 amide bonds. The Balaban J connectivity index is 1.20. The highest BCUT2D eigenvalue weighted by molar-refractivity contribution is 5.94. The van der Waals surface area contributed by atoms with E-state index in [1.54, 1.807) is 18.2 Å². The molecule has 244 valence electrons. The van der Waals surface area contributed by atoms with Gasteiger partial charge >= 0.3 is 6.01 Å². The van der Waals surface area contributed by atoms with Crippen LogP contribution in [0, 0.1) is 28.9 Å². The SMILES string of the molecule is C=C(F)C(=O)N1CCN(c2nc(OC[C@@]34CCCN3C[C@H](F)C4)nc3c(F)c(-c4ccc(F)c5c4CC4CC54)ccc23)C[C@@H]1CC#N. The zero-order chi connectivity index (χ0) is 32.6. The summed E-state index contributed by atoms with van der Waals surface area (Å²) in [5.74, 6) is -1.88. The van der Waals surface area contributed by atoms with Crippen molar-refractivity contribution in [3.63, 3.8) is 0 Å². The van der Waals surface area contributed by atoms with Crippen LogP contribution in [0.4, 0.5) is 23.4 Å². The van der Waals surface area contributed by atoms with E-state index in [-0.39, 0.29) is 55.9 Å². The van der Waals surface area contributed by atoms with Crippen LogP contribution in [-0.2, 0) is 11.2 Å². The van der Waals surface area contributed by atoms with Gasteiger partial charge in [-0.05, 0) is 72.9 Å². The second-order valence-electron chi connectivity index (χ2n) is 13.7. The minimum atomic E-state index is -1.11. The van der Waals surface area contributed by atoms with E-state index < -0.39 is 35.3 Å². The zero-order valence-electron chi connectivity index (χ0n) is 25.8. The number of halogens is 4. The molecule has 0 spiro atoms. The zero-order valence-corrected chi connectivity index (χ0v) is 25.8. The lowest BCUT2D eigenvalue weighted by molar-refractivity contribution is -0.131. The Morgan fingerprint density at radius 2 is 1.96 bits per heavy atom. The maximum absolute atomic E-state index is 16.8. The van der Waals surface area contributed by atoms with Gasteiger partial charge in [0.2, 0.25) is 0 Å². The van der Waals surface area contributed by atoms with Crippen LogP contribution in [0.3, 0.4) is 0 Å². The molecule has 3 saturated heterocycles. The number of aromatic nitrogens is 2. The average Bonchev–Trinajstić information content (AvgIpc) is 3.36. The number of fused-ring (bicyclic) bond motifs is 5. The molecule has 1 aromatic heterocycles. The van der Waals surface area contributed by atoms with Crippen molar-refractivity contribution in [1.82, 2.24) is 19.8 Å². The minimum absolute atomic E-state index is 0.0202. The van der Waals surface area contributed by atoms with E-state index >= 15 is 4.39 Å². The lowest BCUT2D eigenvalue weighted by Crippen LogP contribution is -2.55. The fourth-order valence-electron chi connectivity index (χ4n) is 8.64. The van der Waals surface area contributed by atoms with Gasteiger partial charge in [-0.2, -0.15) is 15.2 Å². The molecule has 8 rings (SSSR count). The van der Waals surface area contributed by atoms with Crippen LogP contribution in [0.2, 0.25) is 0 Å². The molecule has 2 aromatic carbocycles. The van der Waals surface area contributed by atoms with Crippen LogP contribution in [0.25, 0.3) is 22.0 Å². The molecule has 2 aliphatic carbocycles. The van der Waals surface area contributed by atoms with Crippen molar-refractivity contribution in [2.24, 2.45) is 5.92 Å². The van der Waals surface area contributed by atoms with Crippen LogP contribution < -0.4 is 9.64 Å². The molecule has 12 heteroatoms. The molecule has 8 nitrogen and oxygen atoms in total. The number of piperazine rings is 1. The standard InChI is InChI=1S/C35H34F4N6O2/c1-19(36)33(46)45-12-11-43(17-22(45)7-9-40)32-25-4-3-24(23-5-6-28(38)29-26-13-20(26)14-27(23)29)30(39)31(25)41-34(42-32)47-18-35-8-2-10-44(35)16-21(37)15-35/h3-6,20-22,26H,1-2,7-8,10-18H2/t20?,21-,22+,26?,35+/m1/s1. The van der Waals surface area contributed by atoms with Gasteiger partial charge < -0.3 is 14.5 Å². The third kappa shape index (κ3) is 4.93. The Morgan fingerprint density at radius 1 is 1.13 bits per heavy atom. The van der Waals surface area contributed by atoms with E-state index in [1.807, 2.05) is 4.90 Å². The van der Waals surface area contributed by atoms with Gasteiger partial charge in [0.05, 0.1) is 24.1 Å².